The molecule has 1 N–H and O–H groups in total. The third-order valence-corrected chi connectivity index (χ3v) is 12.3. The predicted octanol–water partition coefficient (Wildman–Crippen LogP) is 6.26. The summed E-state index contributed by atoms with van der Waals surface area (Å²) in [7, 11) is 1.03. The van der Waals surface area contributed by atoms with E-state index < -0.39 is 39.5 Å². The van der Waals surface area contributed by atoms with E-state index in [1.165, 1.54) is 29.6 Å². The zero-order valence-corrected chi connectivity index (χ0v) is 33.2. The molecule has 3 aromatic rings. The Hall–Kier alpha value is -4.40. The molecule has 1 unspecified atom stereocenters. The van der Waals surface area contributed by atoms with Crippen molar-refractivity contribution < 1.29 is 32.8 Å². The van der Waals surface area contributed by atoms with Crippen LogP contribution in [-0.4, -0.2) is 82.3 Å². The van der Waals surface area contributed by atoms with Gasteiger partial charge in [-0.1, -0.05) is 23.7 Å². The average molecular weight is 781 g/mol. The third-order valence-electron chi connectivity index (χ3n) is 10.3. The molecule has 1 aliphatic carbocycles. The summed E-state index contributed by atoms with van der Waals surface area (Å²) in [6, 6.07) is 10.8. The van der Waals surface area contributed by atoms with Crippen LogP contribution in [0.5, 0.6) is 5.75 Å². The first-order chi connectivity index (χ1) is 25.6. The van der Waals surface area contributed by atoms with E-state index in [4.69, 9.17) is 25.8 Å². The highest BCUT2D eigenvalue weighted by Crippen LogP contribution is 2.42. The van der Waals surface area contributed by atoms with Crippen molar-refractivity contribution in [2.24, 2.45) is 23.2 Å². The van der Waals surface area contributed by atoms with Gasteiger partial charge in [0, 0.05) is 51.4 Å². The molecule has 6 rings (SSSR count). The molecule has 0 radical (unpaired) electrons. The average Bonchev–Trinajstić information content (AvgIpc) is 3.44. The number of aromatic nitrogens is 2. The Kier molecular flexibility index (Phi) is 11.7. The van der Waals surface area contributed by atoms with Crippen LogP contribution in [0.25, 0.3) is 0 Å². The van der Waals surface area contributed by atoms with Crippen molar-refractivity contribution in [3.05, 3.63) is 82.2 Å². The number of nitrogens with zero attached hydrogens (tertiary/aromatic N) is 5. The fourth-order valence-corrected chi connectivity index (χ4v) is 8.79. The molecule has 1 aromatic heterocycles. The van der Waals surface area contributed by atoms with Crippen molar-refractivity contribution in [2.75, 3.05) is 38.7 Å². The maximum atomic E-state index is 15.2. The molecular formula is C39H49ClN6O7S. The molecule has 2 aromatic carbocycles. The minimum Gasteiger partial charge on any atom is -0.487 e. The minimum absolute atomic E-state index is 0.000000543. The first-order valence-electron chi connectivity index (χ1n) is 18.2. The zero-order chi connectivity index (χ0) is 38.8. The Bertz CT molecular complexity index is 2070. The lowest BCUT2D eigenvalue weighted by molar-refractivity contribution is -0.137. The Morgan fingerprint density at radius 2 is 1.91 bits per heavy atom. The number of nitrogens with one attached hydrogen (secondary N) is 1. The number of anilines is 1. The van der Waals surface area contributed by atoms with E-state index in [2.05, 4.69) is 19.1 Å². The number of ether oxygens (including phenoxy) is 3. The number of fused-ring (bicyclic) bond motifs is 3. The fraction of sp³-hybridized carbons (Fsp3) is 0.487. The number of halogens is 1. The largest absolute Gasteiger partial charge is 0.487 e. The Balaban J connectivity index is 1.49. The molecule has 0 saturated heterocycles. The molecule has 290 valence electrons. The summed E-state index contributed by atoms with van der Waals surface area (Å²) in [5.41, 5.74) is 1.89. The van der Waals surface area contributed by atoms with Crippen LogP contribution in [-0.2, 0) is 44.3 Å². The molecule has 13 nitrogen and oxygen atoms in total. The van der Waals surface area contributed by atoms with Crippen LogP contribution < -0.4 is 14.4 Å². The highest BCUT2D eigenvalue weighted by Gasteiger charge is 2.40. The van der Waals surface area contributed by atoms with E-state index >= 15 is 4.21 Å². The maximum absolute atomic E-state index is 15.2. The summed E-state index contributed by atoms with van der Waals surface area (Å²) in [5.74, 6) is -0.813. The zero-order valence-electron chi connectivity index (χ0n) is 31.7. The minimum atomic E-state index is -3.95. The van der Waals surface area contributed by atoms with Gasteiger partial charge in [0.15, 0.2) is 9.92 Å². The van der Waals surface area contributed by atoms with Crippen LogP contribution in [0, 0.1) is 18.8 Å². The second kappa shape index (κ2) is 16.1. The summed E-state index contributed by atoms with van der Waals surface area (Å²) in [4.78, 5) is 44.2. The van der Waals surface area contributed by atoms with Gasteiger partial charge in [-0.3, -0.25) is 19.0 Å². The molecule has 0 spiro atoms. The standard InChI is InChI=1S/C39H49ClN6O7S/c1-25-32(23-45(6)41-25)36(47)42-54(50)30-15-17-35-33(21-30)46(18-8-7-10-26-20-29(40)14-12-28(26)24-51-35)22-27-13-16-31(27)34(53-38(49)44(4)5)11-9-19-52-39(2,3)37(48)43-54/h9,11-12,14-15,17,20-21,23,27,31,34H,7-8,10,13,16,18-19,22,24H2,1-6H3,(H,42,43,47,48,50)/b11-9+/t27-,31+,34-,54?/m0/s1. The normalized spacial score (nSPS) is 24.9. The summed E-state index contributed by atoms with van der Waals surface area (Å²) in [6.07, 6.45) is 8.41. The van der Waals surface area contributed by atoms with Gasteiger partial charge in [-0.2, -0.15) is 5.10 Å². The van der Waals surface area contributed by atoms with Gasteiger partial charge >= 0.3 is 6.09 Å². The van der Waals surface area contributed by atoms with Gasteiger partial charge in [0.25, 0.3) is 11.8 Å². The van der Waals surface area contributed by atoms with Crippen LogP contribution in [0.1, 0.15) is 66.7 Å². The monoisotopic (exact) mass is 780 g/mol. The van der Waals surface area contributed by atoms with E-state index in [0.717, 1.165) is 43.2 Å². The van der Waals surface area contributed by atoms with Crippen LogP contribution in [0.3, 0.4) is 0 Å². The first kappa shape index (κ1) is 39.3. The van der Waals surface area contributed by atoms with Crippen LogP contribution >= 0.6 is 11.6 Å². The van der Waals surface area contributed by atoms with Gasteiger partial charge < -0.3 is 24.0 Å². The first-order valence-corrected chi connectivity index (χ1v) is 20.1. The van der Waals surface area contributed by atoms with Gasteiger partial charge in [0.2, 0.25) is 0 Å². The van der Waals surface area contributed by atoms with Crippen LogP contribution in [0.2, 0.25) is 5.02 Å². The number of amides is 3. The summed E-state index contributed by atoms with van der Waals surface area (Å²) < 4.78 is 42.0. The highest BCUT2D eigenvalue weighted by molar-refractivity contribution is 7.92. The van der Waals surface area contributed by atoms with E-state index in [1.807, 2.05) is 24.3 Å². The SMILES string of the molecule is Cc1nn(C)cc1C(=O)NS1(=O)=NC(=O)C(C)(C)OC/C=C/[C@H](OC(=O)N(C)C)[C@@H]2CC[C@H]2CN2CCCCc3cc(Cl)ccc3COc3ccc1cc32. The van der Waals surface area contributed by atoms with E-state index in [0.29, 0.717) is 35.2 Å². The van der Waals surface area contributed by atoms with Crippen LogP contribution in [0.4, 0.5) is 10.5 Å². The van der Waals surface area contributed by atoms with Crippen molar-refractivity contribution in [1.29, 1.82) is 0 Å². The molecule has 2 aliphatic heterocycles. The Morgan fingerprint density at radius 1 is 1.11 bits per heavy atom. The fourth-order valence-electron chi connectivity index (χ4n) is 6.99. The van der Waals surface area contributed by atoms with Crippen LogP contribution in [0.15, 0.2) is 64.0 Å². The summed E-state index contributed by atoms with van der Waals surface area (Å²) in [5, 5.41) is 4.93. The van der Waals surface area contributed by atoms with Crippen molar-refractivity contribution in [1.82, 2.24) is 19.4 Å². The molecule has 1 saturated carbocycles. The molecule has 2 bridgehead atoms. The lowest BCUT2D eigenvalue weighted by atomic mass is 9.70. The quantitative estimate of drug-likeness (QED) is 0.305. The molecule has 1 fully saturated rings. The van der Waals surface area contributed by atoms with E-state index in [9.17, 15) is 14.4 Å². The number of carbonyl (C=O) groups excluding carboxylic acids is 3. The molecule has 54 heavy (non-hydrogen) atoms. The van der Waals surface area contributed by atoms with E-state index in [-0.39, 0.29) is 35.5 Å². The number of aryl methyl sites for hydroxylation is 3. The molecule has 3 aliphatic rings. The Morgan fingerprint density at radius 3 is 2.61 bits per heavy atom. The second-order valence-electron chi connectivity index (χ2n) is 14.9. The highest BCUT2D eigenvalue weighted by atomic mass is 35.5. The molecule has 3 heterocycles. The van der Waals surface area contributed by atoms with Gasteiger partial charge in [0.05, 0.1) is 28.4 Å². The summed E-state index contributed by atoms with van der Waals surface area (Å²) >= 11 is 6.39. The maximum Gasteiger partial charge on any atom is 0.409 e. The van der Waals surface area contributed by atoms with Gasteiger partial charge in [0.1, 0.15) is 24.1 Å². The van der Waals surface area contributed by atoms with E-state index in [1.54, 1.807) is 52.3 Å². The third kappa shape index (κ3) is 8.76. The van der Waals surface area contributed by atoms with Crippen molar-refractivity contribution in [2.45, 2.75) is 76.1 Å². The smallest absolute Gasteiger partial charge is 0.409 e. The molecule has 3 amide bonds. The van der Waals surface area contributed by atoms with Crippen molar-refractivity contribution >= 4 is 45.1 Å². The number of benzene rings is 2. The Labute approximate surface area is 322 Å². The van der Waals surface area contributed by atoms with Crippen molar-refractivity contribution in [3.63, 3.8) is 0 Å². The van der Waals surface area contributed by atoms with Gasteiger partial charge in [-0.15, -0.1) is 4.36 Å². The molecular weight excluding hydrogens is 732 g/mol. The lowest BCUT2D eigenvalue weighted by Crippen LogP contribution is -2.45. The molecule has 4 atom stereocenters. The lowest BCUT2D eigenvalue weighted by Gasteiger charge is -2.43. The number of carbonyl (C=O) groups is 3. The second-order valence-corrected chi connectivity index (χ2v) is 17.2. The van der Waals surface area contributed by atoms with Crippen molar-refractivity contribution in [3.8, 4) is 5.75 Å². The number of hydrogen-bond donors (Lipinski definition) is 1. The number of hydrogen-bond acceptors (Lipinski definition) is 9. The topological polar surface area (TPSA) is 145 Å². The van der Waals surface area contributed by atoms with Gasteiger partial charge in [-0.05, 0) is 106 Å². The predicted molar refractivity (Wildman–Crippen MR) is 206 cm³/mol. The number of rotatable bonds is 3. The van der Waals surface area contributed by atoms with Gasteiger partial charge in [-0.25, -0.2) is 9.00 Å². The summed E-state index contributed by atoms with van der Waals surface area (Å²) in [6.45, 7) is 6.24. The molecule has 15 heteroatoms.